The van der Waals surface area contributed by atoms with Crippen molar-refractivity contribution in [2.75, 3.05) is 35.2 Å². The molecule has 1 aliphatic rings. The number of carbonyl (C=O) groups is 2. The predicted octanol–water partition coefficient (Wildman–Crippen LogP) is 3.68. The summed E-state index contributed by atoms with van der Waals surface area (Å²) in [5, 5.41) is 10.0. The highest BCUT2D eigenvalue weighted by Crippen LogP contribution is 2.39. The van der Waals surface area contributed by atoms with Crippen LogP contribution in [0.1, 0.15) is 21.5 Å². The molecule has 0 spiro atoms. The predicted molar refractivity (Wildman–Crippen MR) is 122 cm³/mol. The van der Waals surface area contributed by atoms with Gasteiger partial charge >= 0.3 is 5.97 Å². The molecule has 0 aliphatic carbocycles. The molecule has 0 radical (unpaired) electrons. The number of aliphatic carboxylic acids is 1. The van der Waals surface area contributed by atoms with Crippen molar-refractivity contribution < 1.29 is 43.1 Å². The van der Waals surface area contributed by atoms with Crippen molar-refractivity contribution >= 4 is 11.8 Å². The van der Waals surface area contributed by atoms with Crippen LogP contribution in [0.4, 0.5) is 0 Å². The van der Waals surface area contributed by atoms with Gasteiger partial charge in [0.05, 0.1) is 28.4 Å². The second-order valence-corrected chi connectivity index (χ2v) is 7.29. The summed E-state index contributed by atoms with van der Waals surface area (Å²) in [5.74, 6) is -0.0916. The number of methoxy groups -OCH3 is 4. The van der Waals surface area contributed by atoms with E-state index in [4.69, 9.17) is 28.4 Å². The van der Waals surface area contributed by atoms with Gasteiger partial charge in [0.2, 0.25) is 12.5 Å². The molecule has 0 saturated heterocycles. The number of aryl methyl sites for hydroxylation is 1. The molecular formula is C25H26O9. The number of hydrogen-bond donors (Lipinski definition) is 1. The van der Waals surface area contributed by atoms with Gasteiger partial charge in [-0.15, -0.1) is 0 Å². The van der Waals surface area contributed by atoms with Crippen molar-refractivity contribution in [3.05, 3.63) is 70.2 Å². The van der Waals surface area contributed by atoms with Crippen molar-refractivity contribution in [3.8, 4) is 23.0 Å². The fraction of sp³-hybridized carbons (Fsp3) is 0.280. The molecule has 0 unspecified atom stereocenters. The van der Waals surface area contributed by atoms with E-state index in [-0.39, 0.29) is 30.1 Å². The number of carboxylic acids is 1. The van der Waals surface area contributed by atoms with Gasteiger partial charge in [-0.1, -0.05) is 0 Å². The van der Waals surface area contributed by atoms with Gasteiger partial charge in [0.1, 0.15) is 17.6 Å². The van der Waals surface area contributed by atoms with E-state index >= 15 is 0 Å². The Kier molecular flexibility index (Phi) is 7.68. The minimum Gasteiger partial charge on any atom is -0.496 e. The monoisotopic (exact) mass is 470 g/mol. The molecule has 0 atom stereocenters. The van der Waals surface area contributed by atoms with Crippen molar-refractivity contribution in [2.24, 2.45) is 0 Å². The SMILES string of the molecule is COc1ccc(C(=O)C(Cc2cc(OC)c(OC)c(OC)c2)=C(C(=O)O)C2=COCO2)cc1C. The molecule has 0 bridgehead atoms. The van der Waals surface area contributed by atoms with E-state index in [1.807, 2.05) is 0 Å². The molecule has 0 amide bonds. The number of benzene rings is 2. The fourth-order valence-electron chi connectivity index (χ4n) is 3.67. The van der Waals surface area contributed by atoms with Gasteiger partial charge in [0.25, 0.3) is 0 Å². The summed E-state index contributed by atoms with van der Waals surface area (Å²) in [6.07, 6.45) is 1.13. The third-order valence-corrected chi connectivity index (χ3v) is 5.27. The average Bonchev–Trinajstić information content (AvgIpc) is 3.36. The van der Waals surface area contributed by atoms with Crippen molar-refractivity contribution in [1.82, 2.24) is 0 Å². The normalized spacial score (nSPS) is 13.1. The van der Waals surface area contributed by atoms with E-state index in [1.54, 1.807) is 37.3 Å². The Labute approximate surface area is 197 Å². The summed E-state index contributed by atoms with van der Waals surface area (Å²) >= 11 is 0. The number of ether oxygens (including phenoxy) is 6. The van der Waals surface area contributed by atoms with Crippen molar-refractivity contribution in [3.63, 3.8) is 0 Å². The molecule has 2 aromatic carbocycles. The van der Waals surface area contributed by atoms with Crippen LogP contribution in [-0.4, -0.2) is 52.1 Å². The minimum atomic E-state index is -1.32. The molecule has 0 aromatic heterocycles. The Balaban J connectivity index is 2.19. The highest BCUT2D eigenvalue weighted by molar-refractivity contribution is 6.14. The molecule has 0 fully saturated rings. The first-order chi connectivity index (χ1) is 16.3. The molecule has 34 heavy (non-hydrogen) atoms. The van der Waals surface area contributed by atoms with E-state index in [0.29, 0.717) is 34.1 Å². The molecule has 1 aliphatic heterocycles. The Morgan fingerprint density at radius 3 is 2.06 bits per heavy atom. The number of carboxylic acid groups (broad SMARTS) is 1. The highest BCUT2D eigenvalue weighted by Gasteiger charge is 2.29. The van der Waals surface area contributed by atoms with Gasteiger partial charge < -0.3 is 33.5 Å². The number of allylic oxidation sites excluding steroid dienone is 1. The summed E-state index contributed by atoms with van der Waals surface area (Å²) in [5.41, 5.74) is 1.32. The summed E-state index contributed by atoms with van der Waals surface area (Å²) in [6, 6.07) is 8.22. The second-order valence-electron chi connectivity index (χ2n) is 7.29. The maximum atomic E-state index is 13.7. The third kappa shape index (κ3) is 4.93. The zero-order chi connectivity index (χ0) is 24.8. The summed E-state index contributed by atoms with van der Waals surface area (Å²) in [7, 11) is 5.96. The fourth-order valence-corrected chi connectivity index (χ4v) is 3.67. The van der Waals surface area contributed by atoms with Crippen LogP contribution < -0.4 is 18.9 Å². The Morgan fingerprint density at radius 1 is 0.941 bits per heavy atom. The largest absolute Gasteiger partial charge is 0.496 e. The van der Waals surface area contributed by atoms with Gasteiger partial charge in [0.15, 0.2) is 23.0 Å². The van der Waals surface area contributed by atoms with E-state index in [2.05, 4.69) is 0 Å². The smallest absolute Gasteiger partial charge is 0.340 e. The number of rotatable bonds is 10. The molecule has 3 rings (SSSR count). The molecule has 9 nitrogen and oxygen atoms in total. The summed E-state index contributed by atoms with van der Waals surface area (Å²) in [6.45, 7) is 1.66. The van der Waals surface area contributed by atoms with Crippen LogP contribution in [-0.2, 0) is 20.7 Å². The highest BCUT2D eigenvalue weighted by atomic mass is 16.7. The van der Waals surface area contributed by atoms with Gasteiger partial charge in [-0.2, -0.15) is 0 Å². The van der Waals surface area contributed by atoms with Crippen LogP contribution in [0.5, 0.6) is 23.0 Å². The summed E-state index contributed by atoms with van der Waals surface area (Å²) < 4.78 is 31.8. The summed E-state index contributed by atoms with van der Waals surface area (Å²) in [4.78, 5) is 26.0. The van der Waals surface area contributed by atoms with Crippen LogP contribution in [0.25, 0.3) is 0 Å². The Hall–Kier alpha value is -4.14. The number of ketones is 1. The van der Waals surface area contributed by atoms with Crippen LogP contribution >= 0.6 is 0 Å². The topological polar surface area (TPSA) is 110 Å². The maximum Gasteiger partial charge on any atom is 0.340 e. The van der Waals surface area contributed by atoms with Gasteiger partial charge in [-0.25, -0.2) is 4.79 Å². The number of hydrogen-bond acceptors (Lipinski definition) is 8. The molecule has 9 heteroatoms. The van der Waals surface area contributed by atoms with Crippen LogP contribution in [0.15, 0.2) is 53.5 Å². The van der Waals surface area contributed by atoms with Crippen LogP contribution in [0, 0.1) is 6.92 Å². The van der Waals surface area contributed by atoms with Crippen molar-refractivity contribution in [1.29, 1.82) is 0 Å². The Morgan fingerprint density at radius 2 is 1.59 bits per heavy atom. The molecule has 1 heterocycles. The number of carbonyl (C=O) groups excluding carboxylic acids is 1. The van der Waals surface area contributed by atoms with E-state index in [1.165, 1.54) is 34.7 Å². The molecule has 1 N–H and O–H groups in total. The first-order valence-corrected chi connectivity index (χ1v) is 10.2. The second kappa shape index (κ2) is 10.7. The molecule has 2 aromatic rings. The van der Waals surface area contributed by atoms with Crippen LogP contribution in [0.3, 0.4) is 0 Å². The first kappa shape index (κ1) is 24.5. The maximum absolute atomic E-state index is 13.7. The molecule has 180 valence electrons. The molecule has 0 saturated carbocycles. The average molecular weight is 470 g/mol. The van der Waals surface area contributed by atoms with E-state index in [9.17, 15) is 14.7 Å². The number of Topliss-reactive ketones (excluding diaryl/α,β-unsaturated/α-hetero) is 1. The lowest BCUT2D eigenvalue weighted by molar-refractivity contribution is -0.132. The third-order valence-electron chi connectivity index (χ3n) is 5.27. The zero-order valence-electron chi connectivity index (χ0n) is 19.6. The van der Waals surface area contributed by atoms with E-state index < -0.39 is 11.8 Å². The Bertz CT molecular complexity index is 1140. The lowest BCUT2D eigenvalue weighted by Gasteiger charge is -2.16. The quantitative estimate of drug-likeness (QED) is 0.411. The lowest BCUT2D eigenvalue weighted by atomic mass is 9.91. The van der Waals surface area contributed by atoms with Gasteiger partial charge in [-0.3, -0.25) is 4.79 Å². The van der Waals surface area contributed by atoms with Crippen LogP contribution in [0.2, 0.25) is 0 Å². The lowest BCUT2D eigenvalue weighted by Crippen LogP contribution is -2.17. The van der Waals surface area contributed by atoms with Gasteiger partial charge in [0, 0.05) is 17.6 Å². The standard InChI is InChI=1S/C25H26O9/c1-14-8-16(6-7-18(14)29-2)23(26)17(22(25(27)28)21-12-33-13-34-21)9-15-10-19(30-3)24(32-5)20(11-15)31-4/h6-8,10-12H,9,13H2,1-5H3,(H,27,28). The zero-order valence-corrected chi connectivity index (χ0v) is 19.6. The van der Waals surface area contributed by atoms with Gasteiger partial charge in [-0.05, 0) is 48.4 Å². The van der Waals surface area contributed by atoms with Crippen molar-refractivity contribution in [2.45, 2.75) is 13.3 Å². The minimum absolute atomic E-state index is 0.00286. The first-order valence-electron chi connectivity index (χ1n) is 10.2. The molecular weight excluding hydrogens is 444 g/mol. The van der Waals surface area contributed by atoms with E-state index in [0.717, 1.165) is 5.56 Å².